The Morgan fingerprint density at radius 2 is 2.00 bits per heavy atom. The van der Waals surface area contributed by atoms with E-state index >= 15 is 0 Å². The summed E-state index contributed by atoms with van der Waals surface area (Å²) in [7, 11) is 1.93. The molecule has 1 saturated carbocycles. The van der Waals surface area contributed by atoms with E-state index in [1.54, 1.807) is 0 Å². The van der Waals surface area contributed by atoms with Crippen molar-refractivity contribution in [2.24, 2.45) is 13.0 Å². The molecular formula is C18H22N4OS. The molecule has 0 radical (unpaired) electrons. The summed E-state index contributed by atoms with van der Waals surface area (Å²) in [6, 6.07) is 12.1. The van der Waals surface area contributed by atoms with E-state index < -0.39 is 0 Å². The van der Waals surface area contributed by atoms with Gasteiger partial charge >= 0.3 is 0 Å². The van der Waals surface area contributed by atoms with Crippen LogP contribution < -0.4 is 4.74 Å². The molecule has 0 amide bonds. The molecule has 24 heavy (non-hydrogen) atoms. The Balaban J connectivity index is 1.62. The second-order valence-electron chi connectivity index (χ2n) is 6.13. The van der Waals surface area contributed by atoms with Crippen molar-refractivity contribution >= 4 is 11.8 Å². The molecule has 1 atom stereocenters. The zero-order valence-corrected chi connectivity index (χ0v) is 14.7. The molecule has 0 saturated heterocycles. The summed E-state index contributed by atoms with van der Waals surface area (Å²) < 4.78 is 7.67. The normalized spacial score (nSPS) is 16.5. The molecule has 1 aliphatic carbocycles. The number of ether oxygens (including phenoxy) is 1. The Hall–Kier alpha value is -2.00. The Labute approximate surface area is 147 Å². The van der Waals surface area contributed by atoms with Crippen LogP contribution >= 0.6 is 11.8 Å². The number of aromatic nitrogens is 3. The molecule has 1 heterocycles. The maximum absolute atomic E-state index is 9.54. The van der Waals surface area contributed by atoms with E-state index in [0.717, 1.165) is 29.6 Å². The molecule has 2 aromatic rings. The molecule has 3 rings (SSSR count). The highest BCUT2D eigenvalue weighted by Crippen LogP contribution is 2.35. The maximum Gasteiger partial charge on any atom is 0.192 e. The predicted molar refractivity (Wildman–Crippen MR) is 93.6 cm³/mol. The first-order valence-corrected chi connectivity index (χ1v) is 9.28. The van der Waals surface area contributed by atoms with E-state index in [1.807, 2.05) is 41.9 Å². The molecule has 1 aromatic heterocycles. The monoisotopic (exact) mass is 342 g/mol. The van der Waals surface area contributed by atoms with Crippen LogP contribution in [0, 0.1) is 17.2 Å². The number of hydrogen-bond donors (Lipinski definition) is 0. The van der Waals surface area contributed by atoms with Crippen LogP contribution in [-0.2, 0) is 13.7 Å². The van der Waals surface area contributed by atoms with Crippen molar-refractivity contribution < 1.29 is 4.74 Å². The number of thioether (sulfide) groups is 1. The van der Waals surface area contributed by atoms with Gasteiger partial charge in [0.15, 0.2) is 11.0 Å². The zero-order chi connectivity index (χ0) is 16.8. The Morgan fingerprint density at radius 1 is 1.25 bits per heavy atom. The standard InChI is InChI=1S/C18H22N4OS/c1-22-17(13-23-15-10-6-3-7-11-15)20-21-18(22)24-16(12-19)14-8-4-2-5-9-14/h3,6-7,10-11,14,16H,2,4-5,8-9,13H2,1H3/t16-/m0/s1. The first-order chi connectivity index (χ1) is 11.8. The van der Waals surface area contributed by atoms with Crippen LogP contribution in [0.15, 0.2) is 35.5 Å². The third-order valence-electron chi connectivity index (χ3n) is 4.47. The van der Waals surface area contributed by atoms with Crippen molar-refractivity contribution in [2.75, 3.05) is 0 Å². The molecule has 1 aliphatic rings. The molecule has 5 nitrogen and oxygen atoms in total. The maximum atomic E-state index is 9.54. The van der Waals surface area contributed by atoms with E-state index in [9.17, 15) is 5.26 Å². The first kappa shape index (κ1) is 16.8. The first-order valence-electron chi connectivity index (χ1n) is 8.40. The van der Waals surface area contributed by atoms with E-state index in [0.29, 0.717) is 12.5 Å². The lowest BCUT2D eigenvalue weighted by Crippen LogP contribution is -2.19. The molecule has 6 heteroatoms. The van der Waals surface area contributed by atoms with E-state index in [1.165, 1.54) is 31.0 Å². The van der Waals surface area contributed by atoms with Gasteiger partial charge < -0.3 is 9.30 Å². The van der Waals surface area contributed by atoms with Crippen LogP contribution in [0.25, 0.3) is 0 Å². The lowest BCUT2D eigenvalue weighted by Gasteiger charge is -2.24. The van der Waals surface area contributed by atoms with Crippen LogP contribution in [0.2, 0.25) is 0 Å². The van der Waals surface area contributed by atoms with E-state index in [2.05, 4.69) is 16.3 Å². The van der Waals surface area contributed by atoms with Gasteiger partial charge in [0.25, 0.3) is 0 Å². The molecule has 0 N–H and O–H groups in total. The van der Waals surface area contributed by atoms with Gasteiger partial charge in [0.2, 0.25) is 0 Å². The summed E-state index contributed by atoms with van der Waals surface area (Å²) >= 11 is 1.54. The van der Waals surface area contributed by atoms with Gasteiger partial charge in [0, 0.05) is 7.05 Å². The Bertz CT molecular complexity index is 689. The van der Waals surface area contributed by atoms with Crippen molar-refractivity contribution in [1.29, 1.82) is 5.26 Å². The molecule has 0 unspecified atom stereocenters. The number of benzene rings is 1. The van der Waals surface area contributed by atoms with Crippen molar-refractivity contribution in [1.82, 2.24) is 14.8 Å². The third kappa shape index (κ3) is 4.09. The molecule has 0 bridgehead atoms. The molecule has 0 aliphatic heterocycles. The summed E-state index contributed by atoms with van der Waals surface area (Å²) in [6.45, 7) is 0.370. The van der Waals surface area contributed by atoms with Gasteiger partial charge in [-0.25, -0.2) is 0 Å². The van der Waals surface area contributed by atoms with Crippen LogP contribution in [0.3, 0.4) is 0 Å². The predicted octanol–water partition coefficient (Wildman–Crippen LogP) is 3.96. The molecular weight excluding hydrogens is 320 g/mol. The fourth-order valence-electron chi connectivity index (χ4n) is 3.02. The SMILES string of the molecule is Cn1c(COc2ccccc2)nnc1S[C@@H](C#N)C1CCCCC1. The highest BCUT2D eigenvalue weighted by molar-refractivity contribution is 8.00. The third-order valence-corrected chi connectivity index (χ3v) is 5.78. The highest BCUT2D eigenvalue weighted by Gasteiger charge is 2.26. The van der Waals surface area contributed by atoms with Crippen molar-refractivity contribution in [3.05, 3.63) is 36.2 Å². The van der Waals surface area contributed by atoms with Crippen LogP contribution in [0.1, 0.15) is 37.9 Å². The average molecular weight is 342 g/mol. The zero-order valence-electron chi connectivity index (χ0n) is 13.9. The van der Waals surface area contributed by atoms with Gasteiger partial charge in [-0.3, -0.25) is 0 Å². The number of para-hydroxylation sites is 1. The van der Waals surface area contributed by atoms with Crippen molar-refractivity contribution in [2.45, 2.75) is 49.1 Å². The van der Waals surface area contributed by atoms with Gasteiger partial charge in [0.05, 0.1) is 6.07 Å². The van der Waals surface area contributed by atoms with Gasteiger partial charge in [0.1, 0.15) is 17.6 Å². The second-order valence-corrected chi connectivity index (χ2v) is 7.23. The molecule has 1 aromatic carbocycles. The van der Waals surface area contributed by atoms with Crippen LogP contribution in [0.5, 0.6) is 5.75 Å². The lowest BCUT2D eigenvalue weighted by molar-refractivity contribution is 0.290. The van der Waals surface area contributed by atoms with Gasteiger partial charge in [-0.2, -0.15) is 5.26 Å². The molecule has 0 spiro atoms. The number of nitrogens with zero attached hydrogens (tertiary/aromatic N) is 4. The second kappa shape index (κ2) is 8.20. The lowest BCUT2D eigenvalue weighted by atomic mass is 9.87. The van der Waals surface area contributed by atoms with Gasteiger partial charge in [-0.15, -0.1) is 10.2 Å². The summed E-state index contributed by atoms with van der Waals surface area (Å²) in [5.74, 6) is 2.04. The summed E-state index contributed by atoms with van der Waals surface area (Å²) in [5.41, 5.74) is 0. The van der Waals surface area contributed by atoms with Gasteiger partial charge in [-0.1, -0.05) is 49.2 Å². The topological polar surface area (TPSA) is 63.7 Å². The Kier molecular flexibility index (Phi) is 5.76. The largest absolute Gasteiger partial charge is 0.486 e. The number of hydrogen-bond acceptors (Lipinski definition) is 5. The smallest absolute Gasteiger partial charge is 0.192 e. The number of rotatable bonds is 6. The summed E-state index contributed by atoms with van der Waals surface area (Å²) in [4.78, 5) is 0. The van der Waals surface area contributed by atoms with Crippen molar-refractivity contribution in [3.63, 3.8) is 0 Å². The van der Waals surface area contributed by atoms with Crippen molar-refractivity contribution in [3.8, 4) is 11.8 Å². The quantitative estimate of drug-likeness (QED) is 0.744. The minimum atomic E-state index is -0.0453. The average Bonchev–Trinajstić information content (AvgIpc) is 2.99. The number of nitriles is 1. The van der Waals surface area contributed by atoms with E-state index in [4.69, 9.17) is 4.74 Å². The fourth-order valence-corrected chi connectivity index (χ4v) is 4.11. The minimum absolute atomic E-state index is 0.0453. The van der Waals surface area contributed by atoms with Crippen LogP contribution in [-0.4, -0.2) is 20.0 Å². The minimum Gasteiger partial charge on any atom is -0.486 e. The molecule has 1 fully saturated rings. The summed E-state index contributed by atoms with van der Waals surface area (Å²) in [6.07, 6.45) is 6.06. The summed E-state index contributed by atoms with van der Waals surface area (Å²) in [5, 5.41) is 18.8. The van der Waals surface area contributed by atoms with Gasteiger partial charge in [-0.05, 0) is 30.9 Å². The highest BCUT2D eigenvalue weighted by atomic mass is 32.2. The van der Waals surface area contributed by atoms with E-state index in [-0.39, 0.29) is 5.25 Å². The molecule has 126 valence electrons. The fraction of sp³-hybridized carbons (Fsp3) is 0.500. The Morgan fingerprint density at radius 3 is 2.71 bits per heavy atom. The van der Waals surface area contributed by atoms with Crippen LogP contribution in [0.4, 0.5) is 0 Å².